The number of fused-ring (bicyclic) bond motifs is 1. The zero-order valence-electron chi connectivity index (χ0n) is 15.3. The minimum atomic E-state index is -0.246. The number of hydrogen-bond acceptors (Lipinski definition) is 5. The fourth-order valence-electron chi connectivity index (χ4n) is 2.87. The maximum absolute atomic E-state index is 13.4. The van der Waals surface area contributed by atoms with E-state index in [1.54, 1.807) is 42.6 Å². The molecule has 0 unspecified atom stereocenters. The molecular formula is C21H15Cl2N3O2S. The van der Waals surface area contributed by atoms with Crippen molar-refractivity contribution in [3.05, 3.63) is 82.1 Å². The summed E-state index contributed by atoms with van der Waals surface area (Å²) in [5.74, 6) is 0.463. The molecule has 2 aromatic heterocycles. The van der Waals surface area contributed by atoms with Gasteiger partial charge in [-0.05, 0) is 42.0 Å². The van der Waals surface area contributed by atoms with Crippen LogP contribution in [0.3, 0.4) is 0 Å². The third-order valence-electron chi connectivity index (χ3n) is 4.23. The van der Waals surface area contributed by atoms with Crippen molar-refractivity contribution in [1.29, 1.82) is 0 Å². The van der Waals surface area contributed by atoms with Crippen LogP contribution < -0.4 is 9.64 Å². The first-order valence-corrected chi connectivity index (χ1v) is 10.2. The van der Waals surface area contributed by atoms with E-state index in [9.17, 15) is 4.79 Å². The number of carbonyl (C=O) groups is 1. The maximum Gasteiger partial charge on any atom is 0.260 e. The number of hydrogen-bond donors (Lipinski definition) is 0. The Morgan fingerprint density at radius 3 is 2.62 bits per heavy atom. The van der Waals surface area contributed by atoms with Gasteiger partial charge in [0.1, 0.15) is 5.75 Å². The van der Waals surface area contributed by atoms with E-state index in [0.29, 0.717) is 33.0 Å². The molecule has 8 heteroatoms. The molecule has 1 amide bonds. The third-order valence-corrected chi connectivity index (χ3v) is 5.73. The van der Waals surface area contributed by atoms with Crippen LogP contribution in [-0.2, 0) is 6.54 Å². The summed E-state index contributed by atoms with van der Waals surface area (Å²) in [5, 5.41) is 1.37. The molecule has 0 aliphatic rings. The van der Waals surface area contributed by atoms with Gasteiger partial charge >= 0.3 is 0 Å². The first-order valence-electron chi connectivity index (χ1n) is 8.65. The number of ether oxygens (including phenoxy) is 1. The first-order chi connectivity index (χ1) is 14.0. The van der Waals surface area contributed by atoms with Gasteiger partial charge in [-0.1, -0.05) is 40.6 Å². The summed E-state index contributed by atoms with van der Waals surface area (Å²) in [6.45, 7) is 0.313. The Morgan fingerprint density at radius 2 is 1.93 bits per heavy atom. The maximum atomic E-state index is 13.4. The van der Waals surface area contributed by atoms with E-state index in [-0.39, 0.29) is 5.91 Å². The minimum absolute atomic E-state index is 0.246. The zero-order valence-corrected chi connectivity index (χ0v) is 17.6. The predicted molar refractivity (Wildman–Crippen MR) is 117 cm³/mol. The normalized spacial score (nSPS) is 10.9. The summed E-state index contributed by atoms with van der Waals surface area (Å²) in [5.41, 5.74) is 2.03. The number of rotatable bonds is 5. The average molecular weight is 444 g/mol. The lowest BCUT2D eigenvalue weighted by molar-refractivity contribution is 0.0985. The van der Waals surface area contributed by atoms with Crippen molar-refractivity contribution in [3.63, 3.8) is 0 Å². The van der Waals surface area contributed by atoms with Crippen molar-refractivity contribution in [3.8, 4) is 5.75 Å². The fourth-order valence-corrected chi connectivity index (χ4v) is 4.34. The zero-order chi connectivity index (χ0) is 20.4. The second kappa shape index (κ2) is 8.37. The van der Waals surface area contributed by atoms with E-state index in [2.05, 4.69) is 9.97 Å². The van der Waals surface area contributed by atoms with Crippen molar-refractivity contribution in [2.45, 2.75) is 6.54 Å². The smallest absolute Gasteiger partial charge is 0.260 e. The van der Waals surface area contributed by atoms with E-state index < -0.39 is 0 Å². The molecule has 4 aromatic rings. The van der Waals surface area contributed by atoms with Gasteiger partial charge in [-0.2, -0.15) is 0 Å². The lowest BCUT2D eigenvalue weighted by atomic mass is 10.2. The van der Waals surface area contributed by atoms with Gasteiger partial charge in [-0.15, -0.1) is 0 Å². The number of thiazole rings is 1. The molecule has 4 rings (SSSR count). The fraction of sp³-hybridized carbons (Fsp3) is 0.0952. The molecule has 2 aromatic carbocycles. The summed E-state index contributed by atoms with van der Waals surface area (Å²) in [4.78, 5) is 23.8. The van der Waals surface area contributed by atoms with Gasteiger partial charge in [0.15, 0.2) is 5.13 Å². The van der Waals surface area contributed by atoms with Crippen molar-refractivity contribution < 1.29 is 9.53 Å². The molecule has 0 spiro atoms. The van der Waals surface area contributed by atoms with Crippen molar-refractivity contribution in [2.24, 2.45) is 0 Å². The molecule has 0 atom stereocenters. The van der Waals surface area contributed by atoms with Gasteiger partial charge < -0.3 is 4.74 Å². The molecule has 0 radical (unpaired) electrons. The number of pyridine rings is 1. The number of amides is 1. The Kier molecular flexibility index (Phi) is 5.67. The Labute approximate surface area is 181 Å². The topological polar surface area (TPSA) is 55.3 Å². The monoisotopic (exact) mass is 443 g/mol. The van der Waals surface area contributed by atoms with E-state index in [1.807, 2.05) is 30.3 Å². The highest BCUT2D eigenvalue weighted by Gasteiger charge is 2.23. The van der Waals surface area contributed by atoms with E-state index in [0.717, 1.165) is 15.8 Å². The molecule has 0 fully saturated rings. The van der Waals surface area contributed by atoms with Crippen LogP contribution in [0.25, 0.3) is 10.2 Å². The molecule has 0 N–H and O–H groups in total. The molecule has 146 valence electrons. The number of halogens is 2. The highest BCUT2D eigenvalue weighted by atomic mass is 35.5. The number of anilines is 1. The highest BCUT2D eigenvalue weighted by molar-refractivity contribution is 7.22. The standard InChI is InChI=1S/C21H15Cl2N3O2S/c1-28-17-4-5-19-18(10-17)25-21(29-19)26(12-13-3-2-6-24-11-13)20(27)14-7-15(22)9-16(23)8-14/h2-11H,12H2,1H3. The van der Waals surface area contributed by atoms with Crippen LogP contribution in [0.5, 0.6) is 5.75 Å². The number of methoxy groups -OCH3 is 1. The van der Waals surface area contributed by atoms with Crippen molar-refractivity contribution in [2.75, 3.05) is 12.0 Å². The molecule has 0 saturated carbocycles. The number of benzene rings is 2. The van der Waals surface area contributed by atoms with E-state index >= 15 is 0 Å². The number of nitrogens with zero attached hydrogens (tertiary/aromatic N) is 3. The van der Waals surface area contributed by atoms with Gasteiger partial charge in [0.25, 0.3) is 5.91 Å². The SMILES string of the molecule is COc1ccc2sc(N(Cc3cccnc3)C(=O)c3cc(Cl)cc(Cl)c3)nc2c1. The number of aromatic nitrogens is 2. The Hall–Kier alpha value is -2.67. The van der Waals surface area contributed by atoms with E-state index in [1.165, 1.54) is 11.3 Å². The summed E-state index contributed by atoms with van der Waals surface area (Å²) in [7, 11) is 1.61. The second-order valence-electron chi connectivity index (χ2n) is 6.24. The van der Waals surface area contributed by atoms with Crippen LogP contribution in [0.2, 0.25) is 10.0 Å². The van der Waals surface area contributed by atoms with Crippen molar-refractivity contribution in [1.82, 2.24) is 9.97 Å². The Bertz CT molecular complexity index is 1160. The molecule has 0 saturated heterocycles. The van der Waals surface area contributed by atoms with Crippen LogP contribution in [0.1, 0.15) is 15.9 Å². The van der Waals surface area contributed by atoms with Crippen LogP contribution in [0.4, 0.5) is 5.13 Å². The van der Waals surface area contributed by atoms with E-state index in [4.69, 9.17) is 27.9 Å². The van der Waals surface area contributed by atoms with Crippen LogP contribution in [-0.4, -0.2) is 23.0 Å². The van der Waals surface area contributed by atoms with Crippen molar-refractivity contribution >= 4 is 55.8 Å². The Morgan fingerprint density at radius 1 is 1.14 bits per heavy atom. The lowest BCUT2D eigenvalue weighted by Crippen LogP contribution is -2.30. The molecule has 0 aliphatic heterocycles. The molecule has 2 heterocycles. The van der Waals surface area contributed by atoms with Gasteiger partial charge in [0.05, 0.1) is 23.9 Å². The largest absolute Gasteiger partial charge is 0.497 e. The van der Waals surface area contributed by atoms with Crippen LogP contribution >= 0.6 is 34.5 Å². The summed E-state index contributed by atoms with van der Waals surface area (Å²) in [6.07, 6.45) is 3.41. The van der Waals surface area contributed by atoms with Gasteiger partial charge in [-0.25, -0.2) is 4.98 Å². The minimum Gasteiger partial charge on any atom is -0.497 e. The molecule has 0 aliphatic carbocycles. The summed E-state index contributed by atoms with van der Waals surface area (Å²) >= 11 is 13.6. The number of carbonyl (C=O) groups excluding carboxylic acids is 1. The second-order valence-corrected chi connectivity index (χ2v) is 8.12. The highest BCUT2D eigenvalue weighted by Crippen LogP contribution is 2.33. The van der Waals surface area contributed by atoms with Crippen LogP contribution in [0, 0.1) is 0 Å². The quantitative estimate of drug-likeness (QED) is 0.387. The van der Waals surface area contributed by atoms with Gasteiger partial charge in [0, 0.05) is 34.1 Å². The van der Waals surface area contributed by atoms with Crippen LogP contribution in [0.15, 0.2) is 60.9 Å². The van der Waals surface area contributed by atoms with Gasteiger partial charge in [0.2, 0.25) is 0 Å². The molecule has 0 bridgehead atoms. The van der Waals surface area contributed by atoms with Gasteiger partial charge in [-0.3, -0.25) is 14.7 Å². The third kappa shape index (κ3) is 4.34. The lowest BCUT2D eigenvalue weighted by Gasteiger charge is -2.20. The molecule has 5 nitrogen and oxygen atoms in total. The predicted octanol–water partition coefficient (Wildman–Crippen LogP) is 5.85. The Balaban J connectivity index is 1.78. The summed E-state index contributed by atoms with van der Waals surface area (Å²) in [6, 6.07) is 14.2. The molecular weight excluding hydrogens is 429 g/mol. The summed E-state index contributed by atoms with van der Waals surface area (Å²) < 4.78 is 6.23. The molecule has 29 heavy (non-hydrogen) atoms. The first kappa shape index (κ1) is 19.6. The average Bonchev–Trinajstić information content (AvgIpc) is 3.14.